The second kappa shape index (κ2) is 3.94. The first-order valence-corrected chi connectivity index (χ1v) is 6.11. The standard InChI is InChI=1S/C8H17NO3S/c1-6(2)3-7-4-12-5-8(7)13(9,10)11/h6-8H,3-5H2,1-2H3,(H2,9,10,11). The summed E-state index contributed by atoms with van der Waals surface area (Å²) >= 11 is 0. The van der Waals surface area contributed by atoms with Crippen LogP contribution in [0, 0.1) is 11.8 Å². The third kappa shape index (κ3) is 2.93. The molecule has 1 aliphatic heterocycles. The Morgan fingerprint density at radius 2 is 2.08 bits per heavy atom. The van der Waals surface area contributed by atoms with Gasteiger partial charge in [-0.25, -0.2) is 13.6 Å². The highest BCUT2D eigenvalue weighted by molar-refractivity contribution is 7.89. The number of ether oxygens (including phenoxy) is 1. The molecule has 1 fully saturated rings. The normalized spacial score (nSPS) is 29.8. The molecule has 2 unspecified atom stereocenters. The van der Waals surface area contributed by atoms with Crippen LogP contribution in [0.5, 0.6) is 0 Å². The summed E-state index contributed by atoms with van der Waals surface area (Å²) in [6.07, 6.45) is 0.862. The predicted molar refractivity (Wildman–Crippen MR) is 50.7 cm³/mol. The van der Waals surface area contributed by atoms with E-state index in [1.54, 1.807) is 0 Å². The Labute approximate surface area is 79.5 Å². The van der Waals surface area contributed by atoms with Crippen molar-refractivity contribution in [3.05, 3.63) is 0 Å². The zero-order valence-corrected chi connectivity index (χ0v) is 8.88. The number of primary sulfonamides is 1. The van der Waals surface area contributed by atoms with E-state index in [1.165, 1.54) is 0 Å². The van der Waals surface area contributed by atoms with E-state index in [4.69, 9.17) is 9.88 Å². The third-order valence-electron chi connectivity index (χ3n) is 2.34. The minimum absolute atomic E-state index is 0.0787. The predicted octanol–water partition coefficient (Wildman–Crippen LogP) is 0.336. The van der Waals surface area contributed by atoms with Crippen molar-refractivity contribution in [3.8, 4) is 0 Å². The van der Waals surface area contributed by atoms with Crippen molar-refractivity contribution < 1.29 is 13.2 Å². The van der Waals surface area contributed by atoms with Crippen LogP contribution < -0.4 is 5.14 Å². The molecule has 4 nitrogen and oxygen atoms in total. The molecule has 0 aromatic heterocycles. The van der Waals surface area contributed by atoms with Crippen molar-refractivity contribution in [1.82, 2.24) is 0 Å². The van der Waals surface area contributed by atoms with Crippen LogP contribution in [0.3, 0.4) is 0 Å². The highest BCUT2D eigenvalue weighted by Crippen LogP contribution is 2.25. The molecule has 1 saturated heterocycles. The first-order valence-electron chi connectivity index (χ1n) is 4.50. The van der Waals surface area contributed by atoms with E-state index >= 15 is 0 Å². The minimum Gasteiger partial charge on any atom is -0.380 e. The second-order valence-electron chi connectivity index (χ2n) is 4.05. The van der Waals surface area contributed by atoms with Crippen LogP contribution in [0.4, 0.5) is 0 Å². The molecule has 1 rings (SSSR count). The van der Waals surface area contributed by atoms with E-state index in [9.17, 15) is 8.42 Å². The van der Waals surface area contributed by atoms with Crippen LogP contribution in [0.2, 0.25) is 0 Å². The lowest BCUT2D eigenvalue weighted by atomic mass is 9.96. The molecule has 2 atom stereocenters. The van der Waals surface area contributed by atoms with E-state index in [0.717, 1.165) is 6.42 Å². The van der Waals surface area contributed by atoms with Gasteiger partial charge in [-0.15, -0.1) is 0 Å². The highest BCUT2D eigenvalue weighted by atomic mass is 32.2. The Balaban J connectivity index is 2.65. The summed E-state index contributed by atoms with van der Waals surface area (Å²) in [6, 6.07) is 0. The average molecular weight is 207 g/mol. The van der Waals surface area contributed by atoms with Gasteiger partial charge in [0, 0.05) is 5.92 Å². The van der Waals surface area contributed by atoms with Gasteiger partial charge < -0.3 is 4.74 Å². The van der Waals surface area contributed by atoms with Crippen molar-refractivity contribution in [2.75, 3.05) is 13.2 Å². The summed E-state index contributed by atoms with van der Waals surface area (Å²) in [7, 11) is -3.42. The molecular formula is C8H17NO3S. The molecule has 0 saturated carbocycles. The maximum absolute atomic E-state index is 11.1. The van der Waals surface area contributed by atoms with Crippen molar-refractivity contribution in [3.63, 3.8) is 0 Å². The van der Waals surface area contributed by atoms with Crippen molar-refractivity contribution in [1.29, 1.82) is 0 Å². The molecule has 0 spiro atoms. The fourth-order valence-corrected chi connectivity index (χ4v) is 2.78. The van der Waals surface area contributed by atoms with Crippen LogP contribution in [-0.2, 0) is 14.8 Å². The fourth-order valence-electron chi connectivity index (χ4n) is 1.77. The molecule has 1 heterocycles. The zero-order valence-electron chi connectivity index (χ0n) is 8.06. The lowest BCUT2D eigenvalue weighted by molar-refractivity contribution is 0.181. The zero-order chi connectivity index (χ0) is 10.1. The Morgan fingerprint density at radius 3 is 2.54 bits per heavy atom. The number of nitrogens with two attached hydrogens (primary N) is 1. The van der Waals surface area contributed by atoms with Gasteiger partial charge in [0.1, 0.15) is 5.25 Å². The molecule has 0 bridgehead atoms. The van der Waals surface area contributed by atoms with Crippen LogP contribution >= 0.6 is 0 Å². The Bertz CT molecular complexity index is 261. The van der Waals surface area contributed by atoms with Gasteiger partial charge in [0.2, 0.25) is 10.0 Å². The minimum atomic E-state index is -3.42. The van der Waals surface area contributed by atoms with Crippen molar-refractivity contribution in [2.45, 2.75) is 25.5 Å². The highest BCUT2D eigenvalue weighted by Gasteiger charge is 2.36. The quantitative estimate of drug-likeness (QED) is 0.725. The summed E-state index contributed by atoms with van der Waals surface area (Å²) in [5.74, 6) is 0.561. The largest absolute Gasteiger partial charge is 0.380 e. The molecule has 0 amide bonds. The van der Waals surface area contributed by atoms with Crippen LogP contribution in [-0.4, -0.2) is 26.9 Å². The SMILES string of the molecule is CC(C)CC1COCC1S(N)(=O)=O. The molecule has 0 aliphatic carbocycles. The van der Waals surface area contributed by atoms with Gasteiger partial charge in [-0.1, -0.05) is 13.8 Å². The van der Waals surface area contributed by atoms with E-state index in [0.29, 0.717) is 12.5 Å². The van der Waals surface area contributed by atoms with Gasteiger partial charge >= 0.3 is 0 Å². The molecule has 78 valence electrons. The van der Waals surface area contributed by atoms with Gasteiger partial charge in [0.15, 0.2) is 0 Å². The number of rotatable bonds is 3. The van der Waals surface area contributed by atoms with E-state index in [1.807, 2.05) is 0 Å². The van der Waals surface area contributed by atoms with Gasteiger partial charge in [-0.2, -0.15) is 0 Å². The lowest BCUT2D eigenvalue weighted by Crippen LogP contribution is -2.34. The third-order valence-corrected chi connectivity index (χ3v) is 3.70. The number of hydrogen-bond acceptors (Lipinski definition) is 3. The van der Waals surface area contributed by atoms with Gasteiger partial charge in [-0.3, -0.25) is 0 Å². The smallest absolute Gasteiger partial charge is 0.214 e. The molecule has 5 heteroatoms. The molecule has 0 aromatic carbocycles. The second-order valence-corrected chi connectivity index (χ2v) is 5.84. The Kier molecular flexibility index (Phi) is 3.32. The maximum atomic E-state index is 11.1. The first kappa shape index (κ1) is 10.9. The Morgan fingerprint density at radius 1 is 1.46 bits per heavy atom. The van der Waals surface area contributed by atoms with E-state index in [2.05, 4.69) is 13.8 Å². The molecule has 0 aromatic rings. The van der Waals surface area contributed by atoms with Gasteiger partial charge in [0.05, 0.1) is 13.2 Å². The molecule has 2 N–H and O–H groups in total. The Hall–Kier alpha value is -0.130. The van der Waals surface area contributed by atoms with Crippen LogP contribution in [0.25, 0.3) is 0 Å². The van der Waals surface area contributed by atoms with Gasteiger partial charge in [-0.05, 0) is 12.3 Å². The van der Waals surface area contributed by atoms with Crippen LogP contribution in [0.15, 0.2) is 0 Å². The summed E-state index contributed by atoms with van der Waals surface area (Å²) in [5, 5.41) is 4.61. The maximum Gasteiger partial charge on any atom is 0.214 e. The number of sulfonamides is 1. The van der Waals surface area contributed by atoms with Crippen LogP contribution in [0.1, 0.15) is 20.3 Å². The molecule has 0 radical (unpaired) electrons. The van der Waals surface area contributed by atoms with E-state index < -0.39 is 15.3 Å². The summed E-state index contributed by atoms with van der Waals surface area (Å²) in [5.41, 5.74) is 0. The molecule has 13 heavy (non-hydrogen) atoms. The summed E-state index contributed by atoms with van der Waals surface area (Å²) in [4.78, 5) is 0. The first-order chi connectivity index (χ1) is 5.91. The summed E-state index contributed by atoms with van der Waals surface area (Å²) in [6.45, 7) is 4.92. The molecule has 1 aliphatic rings. The topological polar surface area (TPSA) is 69.4 Å². The lowest BCUT2D eigenvalue weighted by Gasteiger charge is -2.16. The molecular weight excluding hydrogens is 190 g/mol. The van der Waals surface area contributed by atoms with E-state index in [-0.39, 0.29) is 12.5 Å². The van der Waals surface area contributed by atoms with Crippen molar-refractivity contribution >= 4 is 10.0 Å². The van der Waals surface area contributed by atoms with Gasteiger partial charge in [0.25, 0.3) is 0 Å². The van der Waals surface area contributed by atoms with Crippen molar-refractivity contribution in [2.24, 2.45) is 17.0 Å². The monoisotopic (exact) mass is 207 g/mol. The average Bonchev–Trinajstić information content (AvgIpc) is 2.31. The number of hydrogen-bond donors (Lipinski definition) is 1. The summed E-state index contributed by atoms with van der Waals surface area (Å²) < 4.78 is 27.4. The fraction of sp³-hybridized carbons (Fsp3) is 1.00.